The summed E-state index contributed by atoms with van der Waals surface area (Å²) in [6.07, 6.45) is 6.44. The summed E-state index contributed by atoms with van der Waals surface area (Å²) in [6, 6.07) is 4.94. The highest BCUT2D eigenvalue weighted by Gasteiger charge is 2.45. The molecular formula is C22H28N4O4. The average Bonchev–Trinajstić information content (AvgIpc) is 3.33. The van der Waals surface area contributed by atoms with Crippen LogP contribution >= 0.6 is 0 Å². The molecule has 1 aromatic carbocycles. The number of hydrogen-bond acceptors (Lipinski definition) is 6. The monoisotopic (exact) mass is 412 g/mol. The first-order chi connectivity index (χ1) is 14.6. The van der Waals surface area contributed by atoms with Gasteiger partial charge in [0.15, 0.2) is 0 Å². The lowest BCUT2D eigenvalue weighted by molar-refractivity contribution is -0.136. The first-order valence-corrected chi connectivity index (χ1v) is 10.8. The van der Waals surface area contributed by atoms with Crippen LogP contribution in [-0.2, 0) is 16.1 Å². The van der Waals surface area contributed by atoms with Gasteiger partial charge < -0.3 is 10.6 Å². The summed E-state index contributed by atoms with van der Waals surface area (Å²) < 4.78 is 0. The van der Waals surface area contributed by atoms with Crippen LogP contribution in [0.1, 0.15) is 71.2 Å². The number of carbonyl (C=O) groups excluding carboxylic acids is 4. The van der Waals surface area contributed by atoms with Gasteiger partial charge >= 0.3 is 0 Å². The van der Waals surface area contributed by atoms with Gasteiger partial charge in [0.1, 0.15) is 6.04 Å². The minimum atomic E-state index is -0.933. The summed E-state index contributed by atoms with van der Waals surface area (Å²) in [5, 5.41) is 9.15. The zero-order chi connectivity index (χ0) is 21.1. The maximum atomic E-state index is 13.0. The molecule has 4 amide bonds. The van der Waals surface area contributed by atoms with Gasteiger partial charge in [-0.25, -0.2) is 0 Å². The topological polar surface area (TPSA) is 108 Å². The third-order valence-corrected chi connectivity index (χ3v) is 6.19. The largest absolute Gasteiger partial charge is 0.314 e. The fourth-order valence-corrected chi connectivity index (χ4v) is 4.60. The molecule has 160 valence electrons. The van der Waals surface area contributed by atoms with Gasteiger partial charge in [0, 0.05) is 19.0 Å². The average molecular weight is 412 g/mol. The summed E-state index contributed by atoms with van der Waals surface area (Å²) in [5.41, 5.74) is 1.44. The van der Waals surface area contributed by atoms with E-state index in [1.807, 2.05) is 6.07 Å². The zero-order valence-electron chi connectivity index (χ0n) is 17.0. The Labute approximate surface area is 175 Å². The first-order valence-electron chi connectivity index (χ1n) is 10.8. The van der Waals surface area contributed by atoms with Crippen molar-refractivity contribution < 1.29 is 19.2 Å². The van der Waals surface area contributed by atoms with Gasteiger partial charge in [0.05, 0.1) is 11.1 Å². The van der Waals surface area contributed by atoms with Crippen LogP contribution in [0.5, 0.6) is 0 Å². The minimum absolute atomic E-state index is 0.118. The van der Waals surface area contributed by atoms with Crippen molar-refractivity contribution in [3.63, 3.8) is 0 Å². The lowest BCUT2D eigenvalue weighted by Gasteiger charge is -2.27. The van der Waals surface area contributed by atoms with E-state index >= 15 is 0 Å². The SMILES string of the molecule is O=C1CCC(N2C(=O)c3cccc(CNCCCNC4CCCC4)c3C2=O)C(=O)N1. The summed E-state index contributed by atoms with van der Waals surface area (Å²) in [5.74, 6) is -1.88. The lowest BCUT2D eigenvalue weighted by atomic mass is 10.0. The molecule has 1 aromatic rings. The number of amides is 4. The predicted octanol–water partition coefficient (Wildman–Crippen LogP) is 1.10. The Morgan fingerprint density at radius 2 is 1.80 bits per heavy atom. The number of hydrogen-bond donors (Lipinski definition) is 3. The molecule has 2 fully saturated rings. The number of carbonyl (C=O) groups is 4. The van der Waals surface area contributed by atoms with Crippen LogP contribution in [0.25, 0.3) is 0 Å². The Kier molecular flexibility index (Phi) is 6.24. The summed E-state index contributed by atoms with van der Waals surface area (Å²) in [4.78, 5) is 50.5. The Balaban J connectivity index is 1.35. The minimum Gasteiger partial charge on any atom is -0.314 e. The van der Waals surface area contributed by atoms with Gasteiger partial charge in [-0.05, 0) is 50.4 Å². The second-order valence-corrected chi connectivity index (χ2v) is 8.25. The molecule has 0 bridgehead atoms. The van der Waals surface area contributed by atoms with Crippen LogP contribution < -0.4 is 16.0 Å². The van der Waals surface area contributed by atoms with Crippen molar-refractivity contribution in [2.75, 3.05) is 13.1 Å². The molecule has 0 aromatic heterocycles. The molecule has 1 aliphatic carbocycles. The third kappa shape index (κ3) is 4.15. The van der Waals surface area contributed by atoms with Crippen molar-refractivity contribution in [3.05, 3.63) is 34.9 Å². The second-order valence-electron chi connectivity index (χ2n) is 8.25. The van der Waals surface area contributed by atoms with Crippen molar-refractivity contribution >= 4 is 23.6 Å². The van der Waals surface area contributed by atoms with Crippen molar-refractivity contribution in [1.82, 2.24) is 20.9 Å². The quantitative estimate of drug-likeness (QED) is 0.436. The number of piperidine rings is 1. The van der Waals surface area contributed by atoms with E-state index in [4.69, 9.17) is 0 Å². The van der Waals surface area contributed by atoms with Crippen LogP contribution in [0.4, 0.5) is 0 Å². The van der Waals surface area contributed by atoms with E-state index in [2.05, 4.69) is 16.0 Å². The van der Waals surface area contributed by atoms with Crippen LogP contribution in [0.3, 0.4) is 0 Å². The summed E-state index contributed by atoms with van der Waals surface area (Å²) in [6.45, 7) is 2.25. The molecule has 1 saturated carbocycles. The molecule has 8 nitrogen and oxygen atoms in total. The molecule has 3 N–H and O–H groups in total. The number of rotatable bonds is 8. The fraction of sp³-hybridized carbons (Fsp3) is 0.545. The molecule has 30 heavy (non-hydrogen) atoms. The highest BCUT2D eigenvalue weighted by atomic mass is 16.2. The molecule has 1 unspecified atom stereocenters. The zero-order valence-corrected chi connectivity index (χ0v) is 17.0. The third-order valence-electron chi connectivity index (χ3n) is 6.19. The van der Waals surface area contributed by atoms with Crippen LogP contribution in [0.2, 0.25) is 0 Å². The van der Waals surface area contributed by atoms with E-state index < -0.39 is 23.8 Å². The van der Waals surface area contributed by atoms with Gasteiger partial charge in [0.2, 0.25) is 11.8 Å². The maximum Gasteiger partial charge on any atom is 0.262 e. The van der Waals surface area contributed by atoms with Gasteiger partial charge in [-0.3, -0.25) is 29.4 Å². The molecule has 0 spiro atoms. The number of nitrogens with one attached hydrogen (secondary N) is 3. The number of fused-ring (bicyclic) bond motifs is 1. The molecule has 1 atom stereocenters. The van der Waals surface area contributed by atoms with Gasteiger partial charge in [0.25, 0.3) is 11.8 Å². The predicted molar refractivity (Wildman–Crippen MR) is 110 cm³/mol. The van der Waals surface area contributed by atoms with Crippen LogP contribution in [0, 0.1) is 0 Å². The molecule has 2 aliphatic heterocycles. The second kappa shape index (κ2) is 9.06. The van der Waals surface area contributed by atoms with E-state index in [1.54, 1.807) is 12.1 Å². The van der Waals surface area contributed by atoms with Crippen molar-refractivity contribution in [1.29, 1.82) is 0 Å². The summed E-state index contributed by atoms with van der Waals surface area (Å²) >= 11 is 0. The highest BCUT2D eigenvalue weighted by Crippen LogP contribution is 2.29. The molecule has 2 heterocycles. The number of imide groups is 2. The molecule has 0 radical (unpaired) electrons. The molecular weight excluding hydrogens is 384 g/mol. The van der Waals surface area contributed by atoms with E-state index in [-0.39, 0.29) is 18.7 Å². The Hall–Kier alpha value is -2.58. The van der Waals surface area contributed by atoms with E-state index in [0.717, 1.165) is 30.0 Å². The van der Waals surface area contributed by atoms with Crippen molar-refractivity contribution in [2.45, 2.75) is 63.6 Å². The smallest absolute Gasteiger partial charge is 0.262 e. The first kappa shape index (κ1) is 20.7. The van der Waals surface area contributed by atoms with Gasteiger partial charge in [-0.15, -0.1) is 0 Å². The van der Waals surface area contributed by atoms with Crippen LogP contribution in [-0.4, -0.2) is 53.7 Å². The van der Waals surface area contributed by atoms with E-state index in [0.29, 0.717) is 23.7 Å². The molecule has 8 heteroatoms. The normalized spacial score (nSPS) is 22.0. The standard InChI is InChI=1S/C22H28N4O4/c27-18-10-9-17(20(28)25-18)26-21(29)16-8-3-5-14(19(16)22(26)30)13-23-11-4-12-24-15-6-1-2-7-15/h3,5,8,15,17,23-24H,1-2,4,6-7,9-13H2,(H,25,27,28). The Bertz CT molecular complexity index is 863. The van der Waals surface area contributed by atoms with E-state index in [9.17, 15) is 19.2 Å². The maximum absolute atomic E-state index is 13.0. The van der Waals surface area contributed by atoms with E-state index in [1.165, 1.54) is 25.7 Å². The lowest BCUT2D eigenvalue weighted by Crippen LogP contribution is -2.54. The van der Waals surface area contributed by atoms with Crippen molar-refractivity contribution in [2.24, 2.45) is 0 Å². The highest BCUT2D eigenvalue weighted by molar-refractivity contribution is 6.24. The Morgan fingerprint density at radius 3 is 2.57 bits per heavy atom. The number of benzene rings is 1. The van der Waals surface area contributed by atoms with Crippen LogP contribution in [0.15, 0.2) is 18.2 Å². The van der Waals surface area contributed by atoms with Gasteiger partial charge in [-0.2, -0.15) is 0 Å². The van der Waals surface area contributed by atoms with Crippen molar-refractivity contribution in [3.8, 4) is 0 Å². The molecule has 1 saturated heterocycles. The Morgan fingerprint density at radius 1 is 1.00 bits per heavy atom. The molecule has 4 rings (SSSR count). The van der Waals surface area contributed by atoms with Gasteiger partial charge in [-0.1, -0.05) is 25.0 Å². The number of nitrogens with zero attached hydrogens (tertiary/aromatic N) is 1. The summed E-state index contributed by atoms with van der Waals surface area (Å²) in [7, 11) is 0. The molecule has 3 aliphatic rings. The fourth-order valence-electron chi connectivity index (χ4n) is 4.60.